The average Bonchev–Trinajstić information content (AvgIpc) is 2.76. The van der Waals surface area contributed by atoms with Gasteiger partial charge in [0, 0.05) is 11.1 Å². The standard InChI is InChI=1S/C9H6Cl2N4O2/c10-4-7-5-14(13-12-7)9-3-6(11)1-2-8(9)15(16)17/h1-3,5H,4H2. The zero-order chi connectivity index (χ0) is 12.4. The van der Waals surface area contributed by atoms with E-state index in [9.17, 15) is 10.1 Å². The Balaban J connectivity index is 2.56. The Hall–Kier alpha value is -1.66. The third-order valence-electron chi connectivity index (χ3n) is 2.06. The van der Waals surface area contributed by atoms with E-state index in [1.54, 1.807) is 0 Å². The molecule has 1 aromatic carbocycles. The van der Waals surface area contributed by atoms with E-state index in [1.807, 2.05) is 0 Å². The van der Waals surface area contributed by atoms with Gasteiger partial charge >= 0.3 is 0 Å². The fraction of sp³-hybridized carbons (Fsp3) is 0.111. The summed E-state index contributed by atoms with van der Waals surface area (Å²) in [5.74, 6) is 0.189. The minimum absolute atomic E-state index is 0.0968. The fourth-order valence-corrected chi connectivity index (χ4v) is 1.60. The Kier molecular flexibility index (Phi) is 3.26. The molecule has 0 unspecified atom stereocenters. The van der Waals surface area contributed by atoms with Crippen LogP contribution in [0.5, 0.6) is 0 Å². The SMILES string of the molecule is O=[N+]([O-])c1ccc(Cl)cc1-n1cc(CCl)nn1. The predicted molar refractivity (Wildman–Crippen MR) is 62.6 cm³/mol. The molecule has 0 saturated carbocycles. The van der Waals surface area contributed by atoms with Crippen LogP contribution in [0.4, 0.5) is 5.69 Å². The highest BCUT2D eigenvalue weighted by Gasteiger charge is 2.16. The van der Waals surface area contributed by atoms with E-state index < -0.39 is 4.92 Å². The maximum atomic E-state index is 10.9. The molecule has 0 aliphatic carbocycles. The Bertz CT molecular complexity index is 570. The van der Waals surface area contributed by atoms with E-state index in [0.29, 0.717) is 10.7 Å². The van der Waals surface area contributed by atoms with Crippen molar-refractivity contribution in [3.05, 3.63) is 45.2 Å². The number of rotatable bonds is 3. The summed E-state index contributed by atoms with van der Waals surface area (Å²) in [7, 11) is 0. The molecule has 0 amide bonds. The Morgan fingerprint density at radius 3 is 2.82 bits per heavy atom. The molecule has 0 aliphatic heterocycles. The lowest BCUT2D eigenvalue weighted by atomic mass is 10.2. The van der Waals surface area contributed by atoms with Crippen LogP contribution in [-0.4, -0.2) is 19.9 Å². The molecule has 2 rings (SSSR count). The van der Waals surface area contributed by atoms with Gasteiger partial charge < -0.3 is 0 Å². The zero-order valence-corrected chi connectivity index (χ0v) is 9.89. The smallest absolute Gasteiger partial charge is 0.258 e. The van der Waals surface area contributed by atoms with Gasteiger partial charge in [-0.3, -0.25) is 10.1 Å². The van der Waals surface area contributed by atoms with Gasteiger partial charge in [0.1, 0.15) is 5.69 Å². The van der Waals surface area contributed by atoms with Gasteiger partial charge in [0.05, 0.1) is 22.7 Å². The highest BCUT2D eigenvalue weighted by Crippen LogP contribution is 2.25. The van der Waals surface area contributed by atoms with Gasteiger partial charge in [-0.05, 0) is 12.1 Å². The highest BCUT2D eigenvalue weighted by atomic mass is 35.5. The van der Waals surface area contributed by atoms with E-state index in [4.69, 9.17) is 23.2 Å². The second-order valence-electron chi connectivity index (χ2n) is 3.18. The molecule has 0 aliphatic rings. The van der Waals surface area contributed by atoms with Gasteiger partial charge in [-0.1, -0.05) is 16.8 Å². The molecule has 0 radical (unpaired) electrons. The minimum atomic E-state index is -0.506. The Labute approximate surface area is 106 Å². The monoisotopic (exact) mass is 272 g/mol. The second-order valence-corrected chi connectivity index (χ2v) is 3.88. The lowest BCUT2D eigenvalue weighted by Gasteiger charge is -2.01. The van der Waals surface area contributed by atoms with Crippen molar-refractivity contribution in [2.75, 3.05) is 0 Å². The van der Waals surface area contributed by atoms with Crippen molar-refractivity contribution in [1.29, 1.82) is 0 Å². The maximum Gasteiger partial charge on any atom is 0.295 e. The summed E-state index contributed by atoms with van der Waals surface area (Å²) < 4.78 is 1.28. The van der Waals surface area contributed by atoms with E-state index in [-0.39, 0.29) is 17.3 Å². The molecule has 0 spiro atoms. The first-order chi connectivity index (χ1) is 8.11. The molecule has 8 heteroatoms. The van der Waals surface area contributed by atoms with Crippen LogP contribution in [0, 0.1) is 10.1 Å². The highest BCUT2D eigenvalue weighted by molar-refractivity contribution is 6.30. The molecule has 6 nitrogen and oxygen atoms in total. The zero-order valence-electron chi connectivity index (χ0n) is 8.38. The number of nitro groups is 1. The number of halogens is 2. The van der Waals surface area contributed by atoms with E-state index in [2.05, 4.69) is 10.3 Å². The van der Waals surface area contributed by atoms with E-state index >= 15 is 0 Å². The van der Waals surface area contributed by atoms with Crippen LogP contribution in [0.2, 0.25) is 5.02 Å². The van der Waals surface area contributed by atoms with Crippen LogP contribution < -0.4 is 0 Å². The number of alkyl halides is 1. The van der Waals surface area contributed by atoms with Gasteiger partial charge in [-0.25, -0.2) is 4.68 Å². The van der Waals surface area contributed by atoms with E-state index in [1.165, 1.54) is 29.1 Å². The summed E-state index contributed by atoms with van der Waals surface area (Å²) in [4.78, 5) is 10.4. The van der Waals surface area contributed by atoms with Gasteiger partial charge in [0.25, 0.3) is 5.69 Å². The molecule has 0 atom stereocenters. The van der Waals surface area contributed by atoms with Crippen LogP contribution >= 0.6 is 23.2 Å². The third-order valence-corrected chi connectivity index (χ3v) is 2.57. The molecule has 0 saturated heterocycles. The molecule has 1 aromatic heterocycles. The molecule has 88 valence electrons. The molecule has 0 fully saturated rings. The molecule has 2 aromatic rings. The number of hydrogen-bond acceptors (Lipinski definition) is 4. The van der Waals surface area contributed by atoms with Crippen molar-refractivity contribution in [3.8, 4) is 5.69 Å². The molecular weight excluding hydrogens is 267 g/mol. The van der Waals surface area contributed by atoms with Gasteiger partial charge in [0.15, 0.2) is 0 Å². The average molecular weight is 273 g/mol. The second kappa shape index (κ2) is 4.68. The molecule has 0 bridgehead atoms. The van der Waals surface area contributed by atoms with Gasteiger partial charge in [-0.2, -0.15) is 0 Å². The minimum Gasteiger partial charge on any atom is -0.258 e. The van der Waals surface area contributed by atoms with Crippen LogP contribution in [0.3, 0.4) is 0 Å². The van der Waals surface area contributed by atoms with Crippen molar-refractivity contribution in [1.82, 2.24) is 15.0 Å². The molecular formula is C9H6Cl2N4O2. The lowest BCUT2D eigenvalue weighted by molar-refractivity contribution is -0.384. The summed E-state index contributed by atoms with van der Waals surface area (Å²) in [5, 5.41) is 18.8. The molecule has 0 N–H and O–H groups in total. The predicted octanol–water partition coefficient (Wildman–Crippen LogP) is 2.57. The summed E-state index contributed by atoms with van der Waals surface area (Å²) >= 11 is 11.4. The Morgan fingerprint density at radius 1 is 1.47 bits per heavy atom. The van der Waals surface area contributed by atoms with Crippen LogP contribution in [0.25, 0.3) is 5.69 Å². The molecule has 17 heavy (non-hydrogen) atoms. The summed E-state index contributed by atoms with van der Waals surface area (Å²) in [6.07, 6.45) is 1.52. The normalized spacial score (nSPS) is 10.5. The first-order valence-electron chi connectivity index (χ1n) is 4.53. The maximum absolute atomic E-state index is 10.9. The Morgan fingerprint density at radius 2 is 2.24 bits per heavy atom. The quantitative estimate of drug-likeness (QED) is 0.489. The topological polar surface area (TPSA) is 73.8 Å². The van der Waals surface area contributed by atoms with Crippen LogP contribution in [-0.2, 0) is 5.88 Å². The summed E-state index contributed by atoms with van der Waals surface area (Å²) in [6, 6.07) is 4.22. The van der Waals surface area contributed by atoms with Crippen molar-refractivity contribution in [2.24, 2.45) is 0 Å². The number of hydrogen-bond donors (Lipinski definition) is 0. The number of aromatic nitrogens is 3. The van der Waals surface area contributed by atoms with E-state index in [0.717, 1.165) is 0 Å². The van der Waals surface area contributed by atoms with Gasteiger partial charge in [-0.15, -0.1) is 16.7 Å². The number of nitrogens with zero attached hydrogens (tertiary/aromatic N) is 4. The van der Waals surface area contributed by atoms with Crippen molar-refractivity contribution < 1.29 is 4.92 Å². The van der Waals surface area contributed by atoms with Crippen LogP contribution in [0.1, 0.15) is 5.69 Å². The fourth-order valence-electron chi connectivity index (χ4n) is 1.31. The lowest BCUT2D eigenvalue weighted by Crippen LogP contribution is -2.00. The van der Waals surface area contributed by atoms with Crippen LogP contribution in [0.15, 0.2) is 24.4 Å². The first-order valence-corrected chi connectivity index (χ1v) is 5.44. The van der Waals surface area contributed by atoms with Crippen molar-refractivity contribution in [3.63, 3.8) is 0 Å². The molecule has 1 heterocycles. The third kappa shape index (κ3) is 2.37. The largest absolute Gasteiger partial charge is 0.295 e. The summed E-state index contributed by atoms with van der Waals surface area (Å²) in [5.41, 5.74) is 0.688. The summed E-state index contributed by atoms with van der Waals surface area (Å²) in [6.45, 7) is 0. The number of benzene rings is 1. The van der Waals surface area contributed by atoms with Crippen molar-refractivity contribution in [2.45, 2.75) is 5.88 Å². The van der Waals surface area contributed by atoms with Gasteiger partial charge in [0.2, 0.25) is 0 Å². The number of nitro benzene ring substituents is 1. The first kappa shape index (κ1) is 11.8. The van der Waals surface area contributed by atoms with Crippen molar-refractivity contribution >= 4 is 28.9 Å².